The Hall–Kier alpha value is -0.220. The van der Waals surface area contributed by atoms with E-state index in [2.05, 4.69) is 13.8 Å². The fourth-order valence-electron chi connectivity index (χ4n) is 1.88. The van der Waals surface area contributed by atoms with Crippen LogP contribution in [-0.2, 0) is 4.79 Å². The first-order valence-electron chi connectivity index (χ1n) is 5.71. The van der Waals surface area contributed by atoms with E-state index >= 15 is 0 Å². The summed E-state index contributed by atoms with van der Waals surface area (Å²) in [5.74, 6) is 0.225. The van der Waals surface area contributed by atoms with E-state index in [1.807, 2.05) is 23.6 Å². The fourth-order valence-corrected chi connectivity index (χ4v) is 3.20. The summed E-state index contributed by atoms with van der Waals surface area (Å²) in [5.41, 5.74) is 5.80. The second-order valence-corrected chi connectivity index (χ2v) is 6.31. The highest BCUT2D eigenvalue weighted by Crippen LogP contribution is 2.25. The van der Waals surface area contributed by atoms with Crippen molar-refractivity contribution in [1.29, 1.82) is 0 Å². The molecule has 88 valence electrons. The molecule has 0 aliphatic carbocycles. The van der Waals surface area contributed by atoms with Crippen molar-refractivity contribution in [3.63, 3.8) is 0 Å². The van der Waals surface area contributed by atoms with Crippen molar-refractivity contribution in [3.05, 3.63) is 0 Å². The standard InChI is InChI=1S/C11H22N2OS/c1-4-10(12)5-11(14)13-6-8(2)15-9(3)7-13/h8-10H,4-7,12H2,1-3H3. The smallest absolute Gasteiger partial charge is 0.224 e. The van der Waals surface area contributed by atoms with Crippen LogP contribution in [0.25, 0.3) is 0 Å². The topological polar surface area (TPSA) is 46.3 Å². The third-order valence-corrected chi connectivity index (χ3v) is 3.96. The first-order chi connectivity index (χ1) is 7.02. The molecule has 1 rings (SSSR count). The van der Waals surface area contributed by atoms with E-state index in [1.165, 1.54) is 0 Å². The van der Waals surface area contributed by atoms with E-state index < -0.39 is 0 Å². The Morgan fingerprint density at radius 3 is 2.47 bits per heavy atom. The van der Waals surface area contributed by atoms with Crippen LogP contribution in [0.15, 0.2) is 0 Å². The van der Waals surface area contributed by atoms with Crippen LogP contribution in [0.5, 0.6) is 0 Å². The van der Waals surface area contributed by atoms with E-state index in [1.54, 1.807) is 0 Å². The van der Waals surface area contributed by atoms with Gasteiger partial charge in [-0.1, -0.05) is 20.8 Å². The first kappa shape index (κ1) is 12.8. The van der Waals surface area contributed by atoms with Gasteiger partial charge in [0.25, 0.3) is 0 Å². The Labute approximate surface area is 96.8 Å². The molecule has 4 heteroatoms. The van der Waals surface area contributed by atoms with Crippen molar-refractivity contribution in [2.45, 2.75) is 50.2 Å². The molecule has 0 aromatic carbocycles. The largest absolute Gasteiger partial charge is 0.340 e. The predicted octanol–water partition coefficient (Wildman–Crippen LogP) is 1.47. The van der Waals surface area contributed by atoms with Crippen LogP contribution in [0, 0.1) is 0 Å². The number of nitrogens with zero attached hydrogens (tertiary/aromatic N) is 1. The Morgan fingerprint density at radius 1 is 1.47 bits per heavy atom. The molecule has 2 N–H and O–H groups in total. The number of rotatable bonds is 3. The summed E-state index contributed by atoms with van der Waals surface area (Å²) in [5, 5.41) is 1.10. The molecule has 0 aromatic heterocycles. The minimum atomic E-state index is 0.0256. The summed E-state index contributed by atoms with van der Waals surface area (Å²) in [6, 6.07) is 0.0256. The molecule has 0 aromatic rings. The molecule has 3 atom stereocenters. The Morgan fingerprint density at radius 2 is 2.00 bits per heavy atom. The van der Waals surface area contributed by atoms with Gasteiger partial charge in [0.05, 0.1) is 0 Å². The van der Waals surface area contributed by atoms with Crippen LogP contribution >= 0.6 is 11.8 Å². The van der Waals surface area contributed by atoms with Gasteiger partial charge >= 0.3 is 0 Å². The van der Waals surface area contributed by atoms with Gasteiger partial charge in [-0.05, 0) is 6.42 Å². The van der Waals surface area contributed by atoms with Crippen LogP contribution in [0.2, 0.25) is 0 Å². The van der Waals surface area contributed by atoms with Crippen LogP contribution in [0.3, 0.4) is 0 Å². The zero-order chi connectivity index (χ0) is 11.4. The summed E-state index contributed by atoms with van der Waals surface area (Å²) in [4.78, 5) is 13.9. The molecule has 1 aliphatic heterocycles. The number of hydrogen-bond acceptors (Lipinski definition) is 3. The number of nitrogens with two attached hydrogens (primary N) is 1. The van der Waals surface area contributed by atoms with Crippen molar-refractivity contribution >= 4 is 17.7 Å². The van der Waals surface area contributed by atoms with E-state index in [9.17, 15) is 4.79 Å². The molecule has 1 saturated heterocycles. The Kier molecular flexibility index (Phi) is 4.93. The Balaban J connectivity index is 2.44. The lowest BCUT2D eigenvalue weighted by atomic mass is 10.1. The molecule has 3 nitrogen and oxygen atoms in total. The average Bonchev–Trinajstić information content (AvgIpc) is 2.16. The number of carbonyl (C=O) groups excluding carboxylic acids is 1. The van der Waals surface area contributed by atoms with Gasteiger partial charge in [-0.2, -0.15) is 11.8 Å². The molecule has 15 heavy (non-hydrogen) atoms. The van der Waals surface area contributed by atoms with Crippen LogP contribution in [0.1, 0.15) is 33.6 Å². The number of thioether (sulfide) groups is 1. The van der Waals surface area contributed by atoms with Crippen molar-refractivity contribution in [2.24, 2.45) is 5.73 Å². The van der Waals surface area contributed by atoms with Gasteiger partial charge < -0.3 is 10.6 Å². The fraction of sp³-hybridized carbons (Fsp3) is 0.909. The lowest BCUT2D eigenvalue weighted by Gasteiger charge is -2.35. The molecular weight excluding hydrogens is 208 g/mol. The van der Waals surface area contributed by atoms with E-state index in [0.717, 1.165) is 19.5 Å². The summed E-state index contributed by atoms with van der Waals surface area (Å²) in [6.45, 7) is 8.14. The highest BCUT2D eigenvalue weighted by Gasteiger charge is 2.26. The second kappa shape index (κ2) is 5.75. The molecule has 0 saturated carbocycles. The molecule has 1 heterocycles. The van der Waals surface area contributed by atoms with Crippen molar-refractivity contribution < 1.29 is 4.79 Å². The monoisotopic (exact) mass is 230 g/mol. The summed E-state index contributed by atoms with van der Waals surface area (Å²) in [7, 11) is 0. The summed E-state index contributed by atoms with van der Waals surface area (Å²) >= 11 is 1.96. The minimum absolute atomic E-state index is 0.0256. The number of hydrogen-bond donors (Lipinski definition) is 1. The number of amides is 1. The highest BCUT2D eigenvalue weighted by molar-refractivity contribution is 8.00. The maximum Gasteiger partial charge on any atom is 0.224 e. The average molecular weight is 230 g/mol. The lowest BCUT2D eigenvalue weighted by molar-refractivity contribution is -0.131. The van der Waals surface area contributed by atoms with Crippen molar-refractivity contribution in [2.75, 3.05) is 13.1 Å². The van der Waals surface area contributed by atoms with E-state index in [-0.39, 0.29) is 11.9 Å². The van der Waals surface area contributed by atoms with Gasteiger partial charge in [0.15, 0.2) is 0 Å². The molecule has 0 radical (unpaired) electrons. The molecular formula is C11H22N2OS. The zero-order valence-electron chi connectivity index (χ0n) is 9.90. The molecule has 3 unspecified atom stereocenters. The van der Waals surface area contributed by atoms with Crippen molar-refractivity contribution in [1.82, 2.24) is 4.90 Å². The number of carbonyl (C=O) groups is 1. The highest BCUT2D eigenvalue weighted by atomic mass is 32.2. The van der Waals surface area contributed by atoms with Gasteiger partial charge in [-0.25, -0.2) is 0 Å². The maximum absolute atomic E-state index is 11.9. The third kappa shape index (κ3) is 4.03. The van der Waals surface area contributed by atoms with Crippen molar-refractivity contribution in [3.8, 4) is 0 Å². The molecule has 0 spiro atoms. The third-order valence-electron chi connectivity index (χ3n) is 2.73. The van der Waals surface area contributed by atoms with Gasteiger partial charge in [0.2, 0.25) is 5.91 Å². The van der Waals surface area contributed by atoms with Gasteiger partial charge in [-0.3, -0.25) is 4.79 Å². The normalized spacial score (nSPS) is 28.9. The van der Waals surface area contributed by atoms with Gasteiger partial charge in [0.1, 0.15) is 0 Å². The van der Waals surface area contributed by atoms with E-state index in [4.69, 9.17) is 5.73 Å². The SMILES string of the molecule is CCC(N)CC(=O)N1CC(C)SC(C)C1. The molecule has 1 amide bonds. The lowest BCUT2D eigenvalue weighted by Crippen LogP contribution is -2.45. The summed E-state index contributed by atoms with van der Waals surface area (Å²) in [6.07, 6.45) is 1.38. The predicted molar refractivity (Wildman–Crippen MR) is 66.0 cm³/mol. The summed E-state index contributed by atoms with van der Waals surface area (Å²) < 4.78 is 0. The van der Waals surface area contributed by atoms with Crippen LogP contribution in [-0.4, -0.2) is 40.4 Å². The quantitative estimate of drug-likeness (QED) is 0.798. The maximum atomic E-state index is 11.9. The second-order valence-electron chi connectivity index (χ2n) is 4.43. The zero-order valence-corrected chi connectivity index (χ0v) is 10.7. The van der Waals surface area contributed by atoms with Crippen LogP contribution < -0.4 is 5.73 Å². The first-order valence-corrected chi connectivity index (χ1v) is 6.66. The minimum Gasteiger partial charge on any atom is -0.340 e. The molecule has 0 bridgehead atoms. The van der Waals surface area contributed by atoms with Crippen LogP contribution in [0.4, 0.5) is 0 Å². The Bertz CT molecular complexity index is 213. The van der Waals surface area contributed by atoms with Gasteiger partial charge in [-0.15, -0.1) is 0 Å². The molecule has 1 aliphatic rings. The van der Waals surface area contributed by atoms with E-state index in [0.29, 0.717) is 16.9 Å². The molecule has 1 fully saturated rings. The van der Waals surface area contributed by atoms with Gasteiger partial charge in [0, 0.05) is 36.1 Å².